The molecular weight excluding hydrogens is 396 g/mol. The van der Waals surface area contributed by atoms with Crippen LogP contribution in [0.4, 0.5) is 11.4 Å². The second-order valence-corrected chi connectivity index (χ2v) is 7.36. The number of ketones is 1. The Morgan fingerprint density at radius 3 is 2.44 bits per heavy atom. The number of fused-ring (bicyclic) bond motifs is 1. The molecule has 5 rings (SSSR count). The molecule has 5 aromatic rings. The summed E-state index contributed by atoms with van der Waals surface area (Å²) in [5.74, 6) is -0.0382. The normalized spacial score (nSPS) is 11.1. The van der Waals surface area contributed by atoms with Gasteiger partial charge in [-0.15, -0.1) is 0 Å². The van der Waals surface area contributed by atoms with Crippen molar-refractivity contribution in [2.24, 2.45) is 0 Å². The van der Waals surface area contributed by atoms with Crippen LogP contribution in [0.5, 0.6) is 0 Å². The predicted octanol–water partition coefficient (Wildman–Crippen LogP) is 6.10. The molecule has 154 valence electrons. The highest BCUT2D eigenvalue weighted by atomic mass is 16.1. The Bertz CT molecular complexity index is 1410. The fraction of sp³-hybridized carbons (Fsp3) is 0. The SMILES string of the molecule is O=C(c1cccc(Nc2ccccc2)c1)c1ccc2c(/C=C/c3ccccn3)n[nH]c2c1. The summed E-state index contributed by atoms with van der Waals surface area (Å²) in [6.45, 7) is 0. The first-order valence-electron chi connectivity index (χ1n) is 10.3. The molecule has 3 aromatic carbocycles. The Hall–Kier alpha value is -4.51. The summed E-state index contributed by atoms with van der Waals surface area (Å²) in [5.41, 5.74) is 5.56. The molecule has 0 amide bonds. The van der Waals surface area contributed by atoms with E-state index in [0.717, 1.165) is 33.7 Å². The minimum atomic E-state index is -0.0382. The van der Waals surface area contributed by atoms with Gasteiger partial charge in [0.25, 0.3) is 0 Å². The van der Waals surface area contributed by atoms with Crippen molar-refractivity contribution in [2.45, 2.75) is 0 Å². The van der Waals surface area contributed by atoms with E-state index in [0.29, 0.717) is 11.1 Å². The zero-order chi connectivity index (χ0) is 21.8. The van der Waals surface area contributed by atoms with E-state index in [9.17, 15) is 4.79 Å². The molecule has 0 atom stereocenters. The quantitative estimate of drug-likeness (QED) is 0.328. The summed E-state index contributed by atoms with van der Waals surface area (Å²) < 4.78 is 0. The zero-order valence-electron chi connectivity index (χ0n) is 17.2. The average molecular weight is 416 g/mol. The van der Waals surface area contributed by atoms with E-state index in [1.807, 2.05) is 103 Å². The van der Waals surface area contributed by atoms with Gasteiger partial charge < -0.3 is 5.32 Å². The van der Waals surface area contributed by atoms with Gasteiger partial charge in [-0.1, -0.05) is 42.5 Å². The number of carbonyl (C=O) groups is 1. The van der Waals surface area contributed by atoms with Crippen LogP contribution in [0, 0.1) is 0 Å². The smallest absolute Gasteiger partial charge is 0.193 e. The average Bonchev–Trinajstić information content (AvgIpc) is 3.26. The van der Waals surface area contributed by atoms with Crippen molar-refractivity contribution in [3.05, 3.63) is 120 Å². The van der Waals surface area contributed by atoms with Gasteiger partial charge in [-0.25, -0.2) is 0 Å². The molecule has 0 aliphatic carbocycles. The maximum atomic E-state index is 13.1. The minimum Gasteiger partial charge on any atom is -0.356 e. The van der Waals surface area contributed by atoms with Gasteiger partial charge in [0.05, 0.1) is 16.9 Å². The van der Waals surface area contributed by atoms with Crippen LogP contribution in [0.25, 0.3) is 23.1 Å². The lowest BCUT2D eigenvalue weighted by atomic mass is 10.0. The molecule has 0 aliphatic heterocycles. The van der Waals surface area contributed by atoms with Gasteiger partial charge in [0.1, 0.15) is 0 Å². The van der Waals surface area contributed by atoms with Crippen LogP contribution in [0.3, 0.4) is 0 Å². The van der Waals surface area contributed by atoms with Gasteiger partial charge in [0.2, 0.25) is 0 Å². The molecule has 5 nitrogen and oxygen atoms in total. The molecule has 0 fully saturated rings. The number of anilines is 2. The van der Waals surface area contributed by atoms with Gasteiger partial charge in [-0.2, -0.15) is 5.10 Å². The molecule has 5 heteroatoms. The summed E-state index contributed by atoms with van der Waals surface area (Å²) in [4.78, 5) is 17.4. The summed E-state index contributed by atoms with van der Waals surface area (Å²) in [6.07, 6.45) is 5.59. The van der Waals surface area contributed by atoms with Crippen LogP contribution in [0.2, 0.25) is 0 Å². The molecule has 0 radical (unpaired) electrons. The zero-order valence-corrected chi connectivity index (χ0v) is 17.2. The Morgan fingerprint density at radius 1 is 0.781 bits per heavy atom. The van der Waals surface area contributed by atoms with Crippen LogP contribution in [0.1, 0.15) is 27.3 Å². The van der Waals surface area contributed by atoms with Crippen molar-refractivity contribution in [3.63, 3.8) is 0 Å². The van der Waals surface area contributed by atoms with Gasteiger partial charge in [-0.3, -0.25) is 14.9 Å². The van der Waals surface area contributed by atoms with E-state index in [1.54, 1.807) is 6.20 Å². The maximum Gasteiger partial charge on any atom is 0.193 e. The second-order valence-electron chi connectivity index (χ2n) is 7.36. The van der Waals surface area contributed by atoms with Gasteiger partial charge >= 0.3 is 0 Å². The Kier molecular flexibility index (Phi) is 5.29. The summed E-state index contributed by atoms with van der Waals surface area (Å²) in [6, 6.07) is 28.8. The highest BCUT2D eigenvalue weighted by Crippen LogP contribution is 2.23. The van der Waals surface area contributed by atoms with Gasteiger partial charge in [0, 0.05) is 34.1 Å². The van der Waals surface area contributed by atoms with Crippen molar-refractivity contribution >= 4 is 40.2 Å². The number of benzene rings is 3. The number of nitrogens with one attached hydrogen (secondary N) is 2. The number of pyridine rings is 1. The molecular formula is C27H20N4O. The van der Waals surface area contributed by atoms with Crippen LogP contribution in [0.15, 0.2) is 97.2 Å². The van der Waals surface area contributed by atoms with E-state index in [2.05, 4.69) is 20.5 Å². The number of aromatic amines is 1. The van der Waals surface area contributed by atoms with Crippen LogP contribution >= 0.6 is 0 Å². The number of aromatic nitrogens is 3. The van der Waals surface area contributed by atoms with E-state index in [1.165, 1.54) is 0 Å². The highest BCUT2D eigenvalue weighted by Gasteiger charge is 2.12. The first-order valence-corrected chi connectivity index (χ1v) is 10.3. The van der Waals surface area contributed by atoms with Crippen molar-refractivity contribution < 1.29 is 4.79 Å². The largest absolute Gasteiger partial charge is 0.356 e. The number of hydrogen-bond donors (Lipinski definition) is 2. The molecule has 0 aliphatic rings. The first-order chi connectivity index (χ1) is 15.8. The standard InChI is InChI=1S/C27H20N4O/c32-27(19-7-6-11-23(17-19)29-22-9-2-1-3-10-22)20-12-14-24-25(30-31-26(24)18-20)15-13-21-8-4-5-16-28-21/h1-18,29H,(H,30,31)/b15-13+. The predicted molar refractivity (Wildman–Crippen MR) is 129 cm³/mol. The Balaban J connectivity index is 1.38. The highest BCUT2D eigenvalue weighted by molar-refractivity contribution is 6.11. The number of H-pyrrole nitrogens is 1. The molecule has 0 saturated carbocycles. The fourth-order valence-electron chi connectivity index (χ4n) is 3.54. The van der Waals surface area contributed by atoms with Gasteiger partial charge in [-0.05, 0) is 60.7 Å². The molecule has 2 N–H and O–H groups in total. The molecule has 0 unspecified atom stereocenters. The number of rotatable bonds is 6. The topological polar surface area (TPSA) is 70.7 Å². The van der Waals surface area contributed by atoms with Crippen LogP contribution in [-0.2, 0) is 0 Å². The molecule has 0 saturated heterocycles. The molecule has 0 spiro atoms. The van der Waals surface area contributed by atoms with E-state index in [-0.39, 0.29) is 5.78 Å². The lowest BCUT2D eigenvalue weighted by Gasteiger charge is -2.08. The second kappa shape index (κ2) is 8.70. The molecule has 32 heavy (non-hydrogen) atoms. The van der Waals surface area contributed by atoms with E-state index in [4.69, 9.17) is 0 Å². The number of carbonyl (C=O) groups excluding carboxylic acids is 1. The first kappa shape index (κ1) is 19.5. The fourth-order valence-corrected chi connectivity index (χ4v) is 3.54. The van der Waals surface area contributed by atoms with Crippen LogP contribution < -0.4 is 5.32 Å². The van der Waals surface area contributed by atoms with Crippen LogP contribution in [-0.4, -0.2) is 21.0 Å². The Labute approximate surface area is 185 Å². The molecule has 2 heterocycles. The summed E-state index contributed by atoms with van der Waals surface area (Å²) in [7, 11) is 0. The summed E-state index contributed by atoms with van der Waals surface area (Å²) >= 11 is 0. The van der Waals surface area contributed by atoms with E-state index < -0.39 is 0 Å². The van der Waals surface area contributed by atoms with Gasteiger partial charge in [0.15, 0.2) is 5.78 Å². The molecule has 2 aromatic heterocycles. The summed E-state index contributed by atoms with van der Waals surface area (Å²) in [5, 5.41) is 11.7. The number of nitrogens with zero attached hydrogens (tertiary/aromatic N) is 2. The van der Waals surface area contributed by atoms with Crippen molar-refractivity contribution in [2.75, 3.05) is 5.32 Å². The number of para-hydroxylation sites is 1. The Morgan fingerprint density at radius 2 is 1.59 bits per heavy atom. The maximum absolute atomic E-state index is 13.1. The van der Waals surface area contributed by atoms with Crippen molar-refractivity contribution in [1.29, 1.82) is 0 Å². The lowest BCUT2D eigenvalue weighted by Crippen LogP contribution is -2.02. The third-order valence-electron chi connectivity index (χ3n) is 5.14. The van der Waals surface area contributed by atoms with E-state index >= 15 is 0 Å². The van der Waals surface area contributed by atoms with Crippen molar-refractivity contribution in [1.82, 2.24) is 15.2 Å². The lowest BCUT2D eigenvalue weighted by molar-refractivity contribution is 0.103. The monoisotopic (exact) mass is 416 g/mol. The molecule has 0 bridgehead atoms. The third-order valence-corrected chi connectivity index (χ3v) is 5.14. The van der Waals surface area contributed by atoms with Crippen molar-refractivity contribution in [3.8, 4) is 0 Å². The minimum absolute atomic E-state index is 0.0382. The third kappa shape index (κ3) is 4.18. The number of hydrogen-bond acceptors (Lipinski definition) is 4.